The minimum atomic E-state index is 0.0103. The molecule has 0 aliphatic carbocycles. The molecule has 5 heteroatoms. The number of hydrogen-bond acceptors (Lipinski definition) is 4. The van der Waals surface area contributed by atoms with Gasteiger partial charge in [0.05, 0.1) is 0 Å². The maximum atomic E-state index is 12.0. The van der Waals surface area contributed by atoms with Crippen LogP contribution in [0.5, 0.6) is 0 Å². The molecule has 20 heavy (non-hydrogen) atoms. The van der Waals surface area contributed by atoms with Crippen molar-refractivity contribution in [1.82, 2.24) is 20.9 Å². The van der Waals surface area contributed by atoms with E-state index in [0.717, 1.165) is 44.8 Å². The number of piperazine rings is 1. The van der Waals surface area contributed by atoms with Gasteiger partial charge in [-0.2, -0.15) is 0 Å². The second kappa shape index (κ2) is 7.99. The topological polar surface area (TPSA) is 56.4 Å². The summed E-state index contributed by atoms with van der Waals surface area (Å²) in [7, 11) is 1.91. The molecule has 0 aromatic heterocycles. The number of nitrogens with zero attached hydrogens (tertiary/aromatic N) is 1. The van der Waals surface area contributed by atoms with Crippen molar-refractivity contribution in [3.8, 4) is 0 Å². The molecule has 1 aromatic carbocycles. The Morgan fingerprint density at radius 3 is 2.60 bits per heavy atom. The summed E-state index contributed by atoms with van der Waals surface area (Å²) in [5.74, 6) is 0.0103. The van der Waals surface area contributed by atoms with E-state index >= 15 is 0 Å². The molecule has 2 rings (SSSR count). The Labute approximate surface area is 120 Å². The van der Waals surface area contributed by atoms with Crippen molar-refractivity contribution in [3.05, 3.63) is 35.4 Å². The molecule has 1 fully saturated rings. The van der Waals surface area contributed by atoms with E-state index in [9.17, 15) is 4.79 Å². The fraction of sp³-hybridized carbons (Fsp3) is 0.533. The summed E-state index contributed by atoms with van der Waals surface area (Å²) in [5.41, 5.74) is 1.91. The first-order valence-electron chi connectivity index (χ1n) is 7.24. The van der Waals surface area contributed by atoms with Crippen LogP contribution in [0.3, 0.4) is 0 Å². The van der Waals surface area contributed by atoms with Crippen molar-refractivity contribution in [2.24, 2.45) is 0 Å². The van der Waals surface area contributed by atoms with Crippen molar-refractivity contribution in [2.75, 3.05) is 46.3 Å². The van der Waals surface area contributed by atoms with Crippen LogP contribution in [0.25, 0.3) is 0 Å². The Morgan fingerprint density at radius 2 is 1.95 bits per heavy atom. The molecule has 1 aliphatic heterocycles. The third kappa shape index (κ3) is 4.59. The van der Waals surface area contributed by atoms with E-state index in [1.54, 1.807) is 0 Å². The number of carbonyl (C=O) groups excluding carboxylic acids is 1. The molecule has 0 unspecified atom stereocenters. The molecule has 3 N–H and O–H groups in total. The summed E-state index contributed by atoms with van der Waals surface area (Å²) in [6.45, 7) is 6.66. The van der Waals surface area contributed by atoms with Crippen LogP contribution in [0.4, 0.5) is 0 Å². The molecular weight excluding hydrogens is 252 g/mol. The van der Waals surface area contributed by atoms with E-state index in [1.165, 1.54) is 5.56 Å². The third-order valence-electron chi connectivity index (χ3n) is 3.52. The van der Waals surface area contributed by atoms with Gasteiger partial charge in [0.1, 0.15) is 0 Å². The first kappa shape index (κ1) is 15.0. The maximum Gasteiger partial charge on any atom is 0.251 e. The number of benzene rings is 1. The molecule has 110 valence electrons. The smallest absolute Gasteiger partial charge is 0.251 e. The second-order valence-electron chi connectivity index (χ2n) is 5.07. The molecule has 1 heterocycles. The Balaban J connectivity index is 1.73. The molecule has 1 saturated heterocycles. The number of rotatable bonds is 6. The molecule has 1 amide bonds. The average Bonchev–Trinajstić information content (AvgIpc) is 2.49. The van der Waals surface area contributed by atoms with Crippen molar-refractivity contribution in [1.29, 1.82) is 0 Å². The van der Waals surface area contributed by atoms with E-state index < -0.39 is 0 Å². The zero-order valence-corrected chi connectivity index (χ0v) is 12.1. The molecule has 0 bridgehead atoms. The van der Waals surface area contributed by atoms with Crippen LogP contribution in [0, 0.1) is 0 Å². The highest BCUT2D eigenvalue weighted by atomic mass is 16.1. The van der Waals surface area contributed by atoms with Crippen LogP contribution in [0.2, 0.25) is 0 Å². The fourth-order valence-electron chi connectivity index (χ4n) is 2.34. The summed E-state index contributed by atoms with van der Waals surface area (Å²) >= 11 is 0. The van der Waals surface area contributed by atoms with E-state index in [2.05, 4.69) is 20.9 Å². The van der Waals surface area contributed by atoms with Crippen LogP contribution in [-0.2, 0) is 6.54 Å². The summed E-state index contributed by atoms with van der Waals surface area (Å²) in [4.78, 5) is 14.4. The lowest BCUT2D eigenvalue weighted by molar-refractivity contribution is 0.0947. The fourth-order valence-corrected chi connectivity index (χ4v) is 2.34. The highest BCUT2D eigenvalue weighted by Gasteiger charge is 2.10. The van der Waals surface area contributed by atoms with Crippen molar-refractivity contribution < 1.29 is 4.79 Å². The summed E-state index contributed by atoms with van der Waals surface area (Å²) in [6, 6.07) is 7.74. The molecule has 0 spiro atoms. The predicted octanol–water partition coefficient (Wildman–Crippen LogP) is 0.0410. The Kier molecular flexibility index (Phi) is 5.98. The first-order chi connectivity index (χ1) is 9.79. The standard InChI is InChI=1S/C15H24N4O/c1-16-12-13-2-4-14(5-3-13)15(20)18-8-11-19-9-6-17-7-10-19/h2-5,16-17H,6-12H2,1H3,(H,18,20). The second-order valence-corrected chi connectivity index (χ2v) is 5.07. The summed E-state index contributed by atoms with van der Waals surface area (Å²) < 4.78 is 0. The van der Waals surface area contributed by atoms with E-state index in [-0.39, 0.29) is 5.91 Å². The van der Waals surface area contributed by atoms with Crippen LogP contribution in [0.1, 0.15) is 15.9 Å². The van der Waals surface area contributed by atoms with Crippen LogP contribution >= 0.6 is 0 Å². The van der Waals surface area contributed by atoms with Gasteiger partial charge in [0.25, 0.3) is 5.91 Å². The molecule has 5 nitrogen and oxygen atoms in total. The third-order valence-corrected chi connectivity index (χ3v) is 3.52. The number of amides is 1. The number of hydrogen-bond donors (Lipinski definition) is 3. The predicted molar refractivity (Wildman–Crippen MR) is 80.8 cm³/mol. The van der Waals surface area contributed by atoms with Crippen LogP contribution in [-0.4, -0.2) is 57.1 Å². The minimum Gasteiger partial charge on any atom is -0.351 e. The SMILES string of the molecule is CNCc1ccc(C(=O)NCCN2CCNCC2)cc1. The zero-order valence-electron chi connectivity index (χ0n) is 12.1. The lowest BCUT2D eigenvalue weighted by Crippen LogP contribution is -2.46. The van der Waals surface area contributed by atoms with Gasteiger partial charge < -0.3 is 16.0 Å². The van der Waals surface area contributed by atoms with Gasteiger partial charge >= 0.3 is 0 Å². The van der Waals surface area contributed by atoms with E-state index in [0.29, 0.717) is 6.54 Å². The Bertz CT molecular complexity index is 412. The quantitative estimate of drug-likeness (QED) is 0.687. The summed E-state index contributed by atoms with van der Waals surface area (Å²) in [5, 5.41) is 9.39. The van der Waals surface area contributed by atoms with Gasteiger partial charge in [-0.25, -0.2) is 0 Å². The van der Waals surface area contributed by atoms with Crippen LogP contribution in [0.15, 0.2) is 24.3 Å². The molecule has 0 saturated carbocycles. The van der Waals surface area contributed by atoms with Crippen molar-refractivity contribution in [3.63, 3.8) is 0 Å². The molecule has 0 radical (unpaired) electrons. The van der Waals surface area contributed by atoms with Gasteiger partial charge in [-0.05, 0) is 24.7 Å². The van der Waals surface area contributed by atoms with Gasteiger partial charge in [0.2, 0.25) is 0 Å². The Morgan fingerprint density at radius 1 is 1.25 bits per heavy atom. The molecule has 0 atom stereocenters. The number of nitrogens with one attached hydrogen (secondary N) is 3. The number of carbonyl (C=O) groups is 1. The average molecular weight is 276 g/mol. The minimum absolute atomic E-state index is 0.0103. The largest absolute Gasteiger partial charge is 0.351 e. The van der Waals surface area contributed by atoms with Gasteiger partial charge in [-0.3, -0.25) is 9.69 Å². The van der Waals surface area contributed by atoms with Gasteiger partial charge in [0, 0.05) is 51.4 Å². The molecule has 1 aromatic rings. The maximum absolute atomic E-state index is 12.0. The Hall–Kier alpha value is -1.43. The molecular formula is C15H24N4O. The monoisotopic (exact) mass is 276 g/mol. The lowest BCUT2D eigenvalue weighted by Gasteiger charge is -2.27. The highest BCUT2D eigenvalue weighted by molar-refractivity contribution is 5.94. The van der Waals surface area contributed by atoms with E-state index in [1.807, 2.05) is 31.3 Å². The first-order valence-corrected chi connectivity index (χ1v) is 7.24. The van der Waals surface area contributed by atoms with E-state index in [4.69, 9.17) is 0 Å². The van der Waals surface area contributed by atoms with Crippen molar-refractivity contribution >= 4 is 5.91 Å². The highest BCUT2D eigenvalue weighted by Crippen LogP contribution is 2.04. The zero-order chi connectivity index (χ0) is 14.2. The van der Waals surface area contributed by atoms with Crippen LogP contribution < -0.4 is 16.0 Å². The normalized spacial score (nSPS) is 16.1. The lowest BCUT2D eigenvalue weighted by atomic mass is 10.1. The van der Waals surface area contributed by atoms with Gasteiger partial charge in [0.15, 0.2) is 0 Å². The van der Waals surface area contributed by atoms with Gasteiger partial charge in [-0.1, -0.05) is 12.1 Å². The summed E-state index contributed by atoms with van der Waals surface area (Å²) in [6.07, 6.45) is 0. The molecule has 1 aliphatic rings. The van der Waals surface area contributed by atoms with Gasteiger partial charge in [-0.15, -0.1) is 0 Å². The van der Waals surface area contributed by atoms with Crippen molar-refractivity contribution in [2.45, 2.75) is 6.54 Å².